The van der Waals surface area contributed by atoms with Crippen LogP contribution in [0.3, 0.4) is 0 Å². The minimum atomic E-state index is -0.192. The third-order valence-corrected chi connectivity index (χ3v) is 3.69. The van der Waals surface area contributed by atoms with Crippen molar-refractivity contribution < 1.29 is 9.53 Å². The van der Waals surface area contributed by atoms with Gasteiger partial charge in [0.2, 0.25) is 0 Å². The Morgan fingerprint density at radius 2 is 2.00 bits per heavy atom. The van der Waals surface area contributed by atoms with Crippen LogP contribution in [0.1, 0.15) is 16.1 Å². The minimum Gasteiger partial charge on any atom is -0.494 e. The molecule has 0 aliphatic carbocycles. The van der Waals surface area contributed by atoms with E-state index >= 15 is 0 Å². The molecule has 2 heterocycles. The summed E-state index contributed by atoms with van der Waals surface area (Å²) in [6.07, 6.45) is 5.19. The minimum absolute atomic E-state index is 0.192. The highest BCUT2D eigenvalue weighted by atomic mass is 16.5. The van der Waals surface area contributed by atoms with E-state index in [0.29, 0.717) is 18.0 Å². The van der Waals surface area contributed by atoms with Crippen molar-refractivity contribution in [3.63, 3.8) is 0 Å². The molecule has 0 spiro atoms. The number of benzene rings is 1. The highest BCUT2D eigenvalue weighted by Crippen LogP contribution is 2.19. The van der Waals surface area contributed by atoms with E-state index in [2.05, 4.69) is 10.1 Å². The molecule has 24 heavy (non-hydrogen) atoms. The Morgan fingerprint density at radius 1 is 1.17 bits per heavy atom. The van der Waals surface area contributed by atoms with Gasteiger partial charge in [0.05, 0.1) is 12.8 Å². The number of methoxy groups -OCH3 is 1. The lowest BCUT2D eigenvalue weighted by molar-refractivity contribution is 0.0775. The highest BCUT2D eigenvalue weighted by molar-refractivity contribution is 5.94. The van der Waals surface area contributed by atoms with Crippen molar-refractivity contribution in [1.29, 1.82) is 0 Å². The molecule has 1 amide bonds. The lowest BCUT2D eigenvalue weighted by atomic mass is 10.1. The normalized spacial score (nSPS) is 10.4. The molecule has 0 atom stereocenters. The van der Waals surface area contributed by atoms with Gasteiger partial charge < -0.3 is 9.64 Å². The third kappa shape index (κ3) is 3.12. The van der Waals surface area contributed by atoms with Gasteiger partial charge in [-0.25, -0.2) is 9.67 Å². The average molecular weight is 322 g/mol. The summed E-state index contributed by atoms with van der Waals surface area (Å²) < 4.78 is 7.01. The zero-order valence-corrected chi connectivity index (χ0v) is 13.6. The molecule has 0 bridgehead atoms. The number of amides is 1. The predicted molar refractivity (Wildman–Crippen MR) is 90.2 cm³/mol. The van der Waals surface area contributed by atoms with Crippen molar-refractivity contribution in [1.82, 2.24) is 19.7 Å². The van der Waals surface area contributed by atoms with Gasteiger partial charge in [-0.1, -0.05) is 18.2 Å². The molecule has 6 heteroatoms. The molecule has 0 unspecified atom stereocenters. The number of hydrogen-bond acceptors (Lipinski definition) is 4. The molecule has 0 fully saturated rings. The maximum Gasteiger partial charge on any atom is 0.276 e. The smallest absolute Gasteiger partial charge is 0.276 e. The third-order valence-electron chi connectivity index (χ3n) is 3.69. The monoisotopic (exact) mass is 322 g/mol. The van der Waals surface area contributed by atoms with E-state index < -0.39 is 0 Å². The zero-order chi connectivity index (χ0) is 16.9. The molecule has 0 aliphatic heterocycles. The number of carbonyl (C=O) groups is 1. The van der Waals surface area contributed by atoms with Crippen LogP contribution < -0.4 is 4.74 Å². The number of nitrogens with zero attached hydrogens (tertiary/aromatic N) is 4. The van der Waals surface area contributed by atoms with Crippen LogP contribution in [-0.2, 0) is 6.54 Å². The van der Waals surface area contributed by atoms with E-state index in [-0.39, 0.29) is 5.91 Å². The molecule has 0 N–H and O–H groups in total. The standard InChI is InChI=1S/C18H18N4O2/c1-21(18(23)17-16(24-2)9-5-10-19-17)13-14-7-3-4-8-15(14)22-12-6-11-20-22/h3-12H,13H2,1-2H3. The topological polar surface area (TPSA) is 60.2 Å². The number of ether oxygens (including phenoxy) is 1. The van der Waals surface area contributed by atoms with Gasteiger partial charge in [-0.3, -0.25) is 4.79 Å². The fraction of sp³-hybridized carbons (Fsp3) is 0.167. The maximum atomic E-state index is 12.7. The summed E-state index contributed by atoms with van der Waals surface area (Å²) in [4.78, 5) is 18.5. The van der Waals surface area contributed by atoms with Crippen LogP contribution in [0.2, 0.25) is 0 Å². The van der Waals surface area contributed by atoms with E-state index in [0.717, 1.165) is 11.3 Å². The van der Waals surface area contributed by atoms with Gasteiger partial charge in [0.25, 0.3) is 5.91 Å². The van der Waals surface area contributed by atoms with Gasteiger partial charge in [0.1, 0.15) is 5.75 Å². The molecule has 0 saturated heterocycles. The van der Waals surface area contributed by atoms with Crippen molar-refractivity contribution in [2.75, 3.05) is 14.2 Å². The first-order valence-corrected chi connectivity index (χ1v) is 7.53. The SMILES string of the molecule is COc1cccnc1C(=O)N(C)Cc1ccccc1-n1cccn1. The van der Waals surface area contributed by atoms with Crippen molar-refractivity contribution in [3.8, 4) is 11.4 Å². The van der Waals surface area contributed by atoms with Crippen molar-refractivity contribution in [2.45, 2.75) is 6.54 Å². The van der Waals surface area contributed by atoms with Gasteiger partial charge in [0.15, 0.2) is 5.69 Å². The number of aromatic nitrogens is 3. The fourth-order valence-corrected chi connectivity index (χ4v) is 2.50. The molecule has 0 saturated carbocycles. The highest BCUT2D eigenvalue weighted by Gasteiger charge is 2.19. The Morgan fingerprint density at radius 3 is 2.75 bits per heavy atom. The fourth-order valence-electron chi connectivity index (χ4n) is 2.50. The van der Waals surface area contributed by atoms with Crippen LogP contribution in [0.4, 0.5) is 0 Å². The first kappa shape index (κ1) is 15.7. The summed E-state index contributed by atoms with van der Waals surface area (Å²) in [7, 11) is 3.27. The Hall–Kier alpha value is -3.15. The number of carbonyl (C=O) groups excluding carboxylic acids is 1. The van der Waals surface area contributed by atoms with Gasteiger partial charge in [-0.05, 0) is 29.8 Å². The quantitative estimate of drug-likeness (QED) is 0.724. The van der Waals surface area contributed by atoms with Gasteiger partial charge in [0, 0.05) is 32.2 Å². The van der Waals surface area contributed by atoms with E-state index in [1.165, 1.54) is 7.11 Å². The Kier molecular flexibility index (Phi) is 4.56. The van der Waals surface area contributed by atoms with Crippen molar-refractivity contribution in [2.24, 2.45) is 0 Å². The van der Waals surface area contributed by atoms with E-state index in [1.54, 1.807) is 41.2 Å². The van der Waals surface area contributed by atoms with Crippen LogP contribution in [0.15, 0.2) is 61.1 Å². The summed E-state index contributed by atoms with van der Waals surface area (Å²) in [5.41, 5.74) is 2.24. The summed E-state index contributed by atoms with van der Waals surface area (Å²) in [6, 6.07) is 13.2. The first-order valence-electron chi connectivity index (χ1n) is 7.53. The number of hydrogen-bond donors (Lipinski definition) is 0. The number of pyridine rings is 1. The Bertz CT molecular complexity index is 831. The molecule has 6 nitrogen and oxygen atoms in total. The van der Waals surface area contributed by atoms with E-state index in [4.69, 9.17) is 4.74 Å². The average Bonchev–Trinajstić information content (AvgIpc) is 3.16. The summed E-state index contributed by atoms with van der Waals surface area (Å²) in [5, 5.41) is 4.27. The second-order valence-electron chi connectivity index (χ2n) is 5.29. The van der Waals surface area contributed by atoms with Gasteiger partial charge in [-0.2, -0.15) is 5.10 Å². The van der Waals surface area contributed by atoms with E-state index in [9.17, 15) is 4.79 Å². The maximum absolute atomic E-state index is 12.7. The van der Waals surface area contributed by atoms with Crippen LogP contribution in [-0.4, -0.2) is 39.7 Å². The predicted octanol–water partition coefficient (Wildman–Crippen LogP) is 2.55. The lowest BCUT2D eigenvalue weighted by Crippen LogP contribution is -2.28. The first-order chi connectivity index (χ1) is 11.7. The lowest BCUT2D eigenvalue weighted by Gasteiger charge is -2.19. The summed E-state index contributed by atoms with van der Waals surface area (Å²) in [5.74, 6) is 0.275. The molecule has 122 valence electrons. The second-order valence-corrected chi connectivity index (χ2v) is 5.29. The van der Waals surface area contributed by atoms with Crippen LogP contribution in [0, 0.1) is 0 Å². The molecule has 0 aliphatic rings. The van der Waals surface area contributed by atoms with Gasteiger partial charge in [-0.15, -0.1) is 0 Å². The number of para-hydroxylation sites is 1. The molecule has 3 aromatic rings. The van der Waals surface area contributed by atoms with Crippen LogP contribution in [0.25, 0.3) is 5.69 Å². The number of rotatable bonds is 5. The van der Waals surface area contributed by atoms with Crippen LogP contribution in [0.5, 0.6) is 5.75 Å². The molecular formula is C18H18N4O2. The molecule has 0 radical (unpaired) electrons. The Labute approximate surface area is 140 Å². The van der Waals surface area contributed by atoms with Gasteiger partial charge >= 0.3 is 0 Å². The zero-order valence-electron chi connectivity index (χ0n) is 13.6. The molecule has 2 aromatic heterocycles. The Balaban J connectivity index is 1.85. The van der Waals surface area contributed by atoms with Crippen molar-refractivity contribution in [3.05, 3.63) is 72.3 Å². The summed E-state index contributed by atoms with van der Waals surface area (Å²) >= 11 is 0. The van der Waals surface area contributed by atoms with Crippen LogP contribution >= 0.6 is 0 Å². The molecule has 1 aromatic carbocycles. The largest absolute Gasteiger partial charge is 0.494 e. The second kappa shape index (κ2) is 6.95. The summed E-state index contributed by atoms with van der Waals surface area (Å²) in [6.45, 7) is 0.439. The van der Waals surface area contributed by atoms with E-state index in [1.807, 2.05) is 36.5 Å². The molecule has 3 rings (SSSR count). The molecular weight excluding hydrogens is 304 g/mol. The van der Waals surface area contributed by atoms with Crippen molar-refractivity contribution >= 4 is 5.91 Å².